The van der Waals surface area contributed by atoms with Crippen LogP contribution in [-0.4, -0.2) is 28.6 Å². The highest BCUT2D eigenvalue weighted by Gasteiger charge is 2.33. The lowest BCUT2D eigenvalue weighted by Gasteiger charge is -2.32. The molecular formula is C21H24ClFN2O2S. The van der Waals surface area contributed by atoms with Crippen LogP contribution in [0.5, 0.6) is 0 Å². The largest absolute Gasteiger partial charge is 0.351 e. The number of nitrogens with one attached hydrogen (secondary N) is 1. The maximum absolute atomic E-state index is 13.3. The summed E-state index contributed by atoms with van der Waals surface area (Å²) >= 11 is 7.29. The molecule has 0 unspecified atom stereocenters. The Morgan fingerprint density at radius 2 is 1.89 bits per heavy atom. The van der Waals surface area contributed by atoms with Gasteiger partial charge in [0.25, 0.3) is 0 Å². The van der Waals surface area contributed by atoms with Crippen LogP contribution in [0.4, 0.5) is 4.39 Å². The van der Waals surface area contributed by atoms with Gasteiger partial charge in [-0.25, -0.2) is 4.39 Å². The second-order valence-electron chi connectivity index (χ2n) is 7.04. The molecule has 1 heterocycles. The zero-order valence-corrected chi connectivity index (χ0v) is 17.1. The van der Waals surface area contributed by atoms with Gasteiger partial charge in [0.2, 0.25) is 11.8 Å². The summed E-state index contributed by atoms with van der Waals surface area (Å²) in [6.45, 7) is 0.187. The maximum atomic E-state index is 13.3. The van der Waals surface area contributed by atoms with Crippen molar-refractivity contribution in [1.29, 1.82) is 0 Å². The van der Waals surface area contributed by atoms with Crippen molar-refractivity contribution in [3.8, 4) is 0 Å². The first kappa shape index (κ1) is 20.8. The molecule has 4 nitrogen and oxygen atoms in total. The number of amides is 2. The van der Waals surface area contributed by atoms with Crippen molar-refractivity contribution in [3.05, 3.63) is 58.0 Å². The van der Waals surface area contributed by atoms with Gasteiger partial charge in [-0.05, 0) is 42.0 Å². The van der Waals surface area contributed by atoms with E-state index >= 15 is 0 Å². The van der Waals surface area contributed by atoms with E-state index in [9.17, 15) is 14.0 Å². The van der Waals surface area contributed by atoms with Crippen molar-refractivity contribution in [2.45, 2.75) is 50.7 Å². The Balaban J connectivity index is 1.86. The molecule has 3 rings (SSSR count). The van der Waals surface area contributed by atoms with E-state index in [0.717, 1.165) is 36.1 Å². The quantitative estimate of drug-likeness (QED) is 0.660. The highest BCUT2D eigenvalue weighted by molar-refractivity contribution is 7.10. The normalized spacial score (nSPS) is 15.8. The van der Waals surface area contributed by atoms with Crippen LogP contribution in [-0.2, 0) is 16.1 Å². The van der Waals surface area contributed by atoms with Crippen molar-refractivity contribution in [3.63, 3.8) is 0 Å². The molecule has 0 aliphatic heterocycles. The van der Waals surface area contributed by atoms with Crippen LogP contribution < -0.4 is 5.32 Å². The van der Waals surface area contributed by atoms with Crippen LogP contribution in [0.3, 0.4) is 0 Å². The molecule has 1 fully saturated rings. The van der Waals surface area contributed by atoms with Gasteiger partial charge in [0.1, 0.15) is 17.7 Å². The van der Waals surface area contributed by atoms with Crippen LogP contribution in [0.1, 0.15) is 48.6 Å². The minimum atomic E-state index is -0.752. The highest BCUT2D eigenvalue weighted by atomic mass is 35.5. The van der Waals surface area contributed by atoms with E-state index < -0.39 is 6.04 Å². The van der Waals surface area contributed by atoms with E-state index in [1.807, 2.05) is 17.5 Å². The number of halogens is 2. The van der Waals surface area contributed by atoms with Gasteiger partial charge < -0.3 is 10.2 Å². The number of hydrogen-bond donors (Lipinski definition) is 1. The summed E-state index contributed by atoms with van der Waals surface area (Å²) in [5, 5.41) is 5.02. The second kappa shape index (κ2) is 10.0. The van der Waals surface area contributed by atoms with Gasteiger partial charge in [-0.3, -0.25) is 9.59 Å². The van der Waals surface area contributed by atoms with Gasteiger partial charge in [-0.15, -0.1) is 22.9 Å². The third-order valence-corrected chi connectivity index (χ3v) is 6.18. The summed E-state index contributed by atoms with van der Waals surface area (Å²) in [5.74, 6) is -1.08. The average Bonchev–Trinajstić information content (AvgIpc) is 3.23. The number of thiophene rings is 1. The number of alkyl halides is 1. The van der Waals surface area contributed by atoms with E-state index in [1.54, 1.807) is 12.1 Å². The van der Waals surface area contributed by atoms with Crippen molar-refractivity contribution < 1.29 is 14.0 Å². The highest BCUT2D eigenvalue weighted by Crippen LogP contribution is 2.29. The Morgan fingerprint density at radius 1 is 1.18 bits per heavy atom. The SMILES string of the molecule is O=C(NC1CCCCC1)[C@@H](c1cccs1)N(Cc1ccc(F)cc1)C(=O)CCl. The van der Waals surface area contributed by atoms with E-state index in [4.69, 9.17) is 11.6 Å². The van der Waals surface area contributed by atoms with Crippen LogP contribution in [0.25, 0.3) is 0 Å². The number of carbonyl (C=O) groups is 2. The molecule has 2 aromatic rings. The molecule has 0 radical (unpaired) electrons. The molecule has 1 atom stereocenters. The van der Waals surface area contributed by atoms with Gasteiger partial charge in [-0.1, -0.05) is 37.5 Å². The molecule has 150 valence electrons. The summed E-state index contributed by atoms with van der Waals surface area (Å²) in [4.78, 5) is 28.2. The monoisotopic (exact) mass is 422 g/mol. The lowest BCUT2D eigenvalue weighted by molar-refractivity contribution is -0.140. The molecule has 28 heavy (non-hydrogen) atoms. The number of hydrogen-bond acceptors (Lipinski definition) is 3. The standard InChI is InChI=1S/C21H24ClFN2O2S/c22-13-19(26)25(14-15-8-10-16(23)11-9-15)20(18-7-4-12-28-18)21(27)24-17-5-2-1-3-6-17/h4,7-12,17,20H,1-3,5-6,13-14H2,(H,24,27)/t20-/m1/s1. The smallest absolute Gasteiger partial charge is 0.248 e. The Kier molecular flexibility index (Phi) is 7.45. The fourth-order valence-corrected chi connectivity index (χ4v) is 4.57. The van der Waals surface area contributed by atoms with Crippen molar-refractivity contribution >= 4 is 34.8 Å². The van der Waals surface area contributed by atoms with Crippen LogP contribution in [0.15, 0.2) is 41.8 Å². The van der Waals surface area contributed by atoms with E-state index in [2.05, 4.69) is 5.32 Å². The fourth-order valence-electron chi connectivity index (χ4n) is 3.58. The summed E-state index contributed by atoms with van der Waals surface area (Å²) in [6, 6.07) is 9.04. The second-order valence-corrected chi connectivity index (χ2v) is 8.29. The molecule has 2 amide bonds. The Bertz CT molecular complexity index is 776. The molecule has 1 aromatic carbocycles. The van der Waals surface area contributed by atoms with E-state index in [1.165, 1.54) is 34.8 Å². The molecule has 0 bridgehead atoms. The van der Waals surface area contributed by atoms with Crippen LogP contribution in [0.2, 0.25) is 0 Å². The number of carbonyl (C=O) groups excluding carboxylic acids is 2. The summed E-state index contributed by atoms with van der Waals surface area (Å²) in [7, 11) is 0. The van der Waals surface area contributed by atoms with Crippen LogP contribution >= 0.6 is 22.9 Å². The zero-order chi connectivity index (χ0) is 19.9. The number of rotatable bonds is 7. The van der Waals surface area contributed by atoms with Gasteiger partial charge >= 0.3 is 0 Å². The first-order valence-electron chi connectivity index (χ1n) is 9.52. The average molecular weight is 423 g/mol. The van der Waals surface area contributed by atoms with E-state index in [0.29, 0.717) is 0 Å². The molecule has 1 aliphatic rings. The first-order valence-corrected chi connectivity index (χ1v) is 10.9. The van der Waals surface area contributed by atoms with Gasteiger partial charge in [0, 0.05) is 17.5 Å². The molecule has 0 saturated heterocycles. The molecule has 7 heteroatoms. The Hall–Kier alpha value is -1.92. The van der Waals surface area contributed by atoms with Gasteiger partial charge in [0.15, 0.2) is 0 Å². The Labute approximate surface area is 173 Å². The van der Waals surface area contributed by atoms with Gasteiger partial charge in [0.05, 0.1) is 0 Å². The lowest BCUT2D eigenvalue weighted by atomic mass is 9.95. The van der Waals surface area contributed by atoms with Crippen LogP contribution in [0, 0.1) is 5.82 Å². The topological polar surface area (TPSA) is 49.4 Å². The molecule has 1 aliphatic carbocycles. The lowest BCUT2D eigenvalue weighted by Crippen LogP contribution is -2.47. The predicted molar refractivity (Wildman–Crippen MR) is 110 cm³/mol. The fraction of sp³-hybridized carbons (Fsp3) is 0.429. The number of benzene rings is 1. The zero-order valence-electron chi connectivity index (χ0n) is 15.6. The molecular weight excluding hydrogens is 399 g/mol. The first-order chi connectivity index (χ1) is 13.6. The third-order valence-electron chi connectivity index (χ3n) is 5.03. The Morgan fingerprint density at radius 3 is 2.50 bits per heavy atom. The van der Waals surface area contributed by atoms with Gasteiger partial charge in [-0.2, -0.15) is 0 Å². The molecule has 1 aromatic heterocycles. The minimum absolute atomic E-state index is 0.141. The molecule has 1 N–H and O–H groups in total. The minimum Gasteiger partial charge on any atom is -0.351 e. The maximum Gasteiger partial charge on any atom is 0.248 e. The summed E-state index contributed by atoms with van der Waals surface area (Å²) in [6.07, 6.45) is 5.33. The van der Waals surface area contributed by atoms with Crippen molar-refractivity contribution in [2.24, 2.45) is 0 Å². The molecule has 0 spiro atoms. The number of nitrogens with zero attached hydrogens (tertiary/aromatic N) is 1. The van der Waals surface area contributed by atoms with E-state index in [-0.39, 0.29) is 36.1 Å². The van der Waals surface area contributed by atoms with Crippen molar-refractivity contribution in [2.75, 3.05) is 5.88 Å². The molecule has 1 saturated carbocycles. The summed E-state index contributed by atoms with van der Waals surface area (Å²) < 4.78 is 13.3. The predicted octanol–water partition coefficient (Wildman–Crippen LogP) is 4.64. The van der Waals surface area contributed by atoms with Crippen molar-refractivity contribution in [1.82, 2.24) is 10.2 Å². The third kappa shape index (κ3) is 5.32. The summed E-state index contributed by atoms with van der Waals surface area (Å²) in [5.41, 5.74) is 0.742.